The van der Waals surface area contributed by atoms with Gasteiger partial charge in [-0.1, -0.05) is 19.3 Å². The molecule has 1 aliphatic carbocycles. The third-order valence-electron chi connectivity index (χ3n) is 5.12. The number of hydrogen-bond acceptors (Lipinski definition) is 5. The second-order valence-electron chi connectivity index (χ2n) is 7.20. The summed E-state index contributed by atoms with van der Waals surface area (Å²) in [5, 5.41) is 4.76. The molecule has 2 heterocycles. The Morgan fingerprint density at radius 1 is 1.33 bits per heavy atom. The lowest BCUT2D eigenvalue weighted by atomic mass is 9.85. The van der Waals surface area contributed by atoms with Crippen LogP contribution in [-0.4, -0.2) is 53.1 Å². The zero-order valence-corrected chi connectivity index (χ0v) is 15.0. The van der Waals surface area contributed by atoms with Crippen LogP contribution < -0.4 is 0 Å². The van der Waals surface area contributed by atoms with Crippen molar-refractivity contribution in [1.82, 2.24) is 14.7 Å². The van der Waals surface area contributed by atoms with E-state index < -0.39 is 6.10 Å². The number of ether oxygens (including phenoxy) is 2. The molecule has 6 nitrogen and oxygen atoms in total. The predicted octanol–water partition coefficient (Wildman–Crippen LogP) is 2.23. The average Bonchev–Trinajstić information content (AvgIpc) is 2.94. The molecule has 6 heteroatoms. The summed E-state index contributed by atoms with van der Waals surface area (Å²) in [6.45, 7) is 4.23. The topological polar surface area (TPSA) is 56.6 Å². The van der Waals surface area contributed by atoms with Crippen molar-refractivity contribution < 1.29 is 14.3 Å². The first-order chi connectivity index (χ1) is 11.6. The Morgan fingerprint density at radius 3 is 2.79 bits per heavy atom. The molecule has 1 saturated carbocycles. The third-order valence-corrected chi connectivity index (χ3v) is 5.12. The molecule has 0 spiro atoms. The van der Waals surface area contributed by atoms with Crippen LogP contribution in [0, 0.1) is 0 Å². The van der Waals surface area contributed by atoms with E-state index in [1.807, 2.05) is 18.7 Å². The Morgan fingerprint density at radius 2 is 2.08 bits per heavy atom. The van der Waals surface area contributed by atoms with Gasteiger partial charge in [-0.2, -0.15) is 5.10 Å². The van der Waals surface area contributed by atoms with Crippen molar-refractivity contribution in [2.75, 3.05) is 20.2 Å². The largest absolute Gasteiger partial charge is 0.467 e. The number of hydrogen-bond donors (Lipinski definition) is 0. The Bertz CT molecular complexity index is 566. The van der Waals surface area contributed by atoms with Crippen LogP contribution in [-0.2, 0) is 27.9 Å². The van der Waals surface area contributed by atoms with Gasteiger partial charge in [0.1, 0.15) is 0 Å². The molecule has 1 aromatic rings. The number of methoxy groups -OCH3 is 1. The van der Waals surface area contributed by atoms with Gasteiger partial charge in [0.05, 0.1) is 18.9 Å². The van der Waals surface area contributed by atoms with Gasteiger partial charge in [-0.25, -0.2) is 4.79 Å². The Kier molecular flexibility index (Phi) is 5.56. The molecule has 2 aliphatic rings. The summed E-state index contributed by atoms with van der Waals surface area (Å²) in [6.07, 6.45) is 8.12. The summed E-state index contributed by atoms with van der Waals surface area (Å²) in [4.78, 5) is 14.1. The van der Waals surface area contributed by atoms with Gasteiger partial charge in [-0.15, -0.1) is 0 Å². The van der Waals surface area contributed by atoms with Gasteiger partial charge in [0, 0.05) is 44.4 Å². The Balaban J connectivity index is 1.71. The van der Waals surface area contributed by atoms with Crippen LogP contribution in [0.2, 0.25) is 0 Å². The SMILES string of the molecule is COC(=O)C1CN(Cc2cn(C)nc2C2CCCCC2)C[C@@H](C)O1. The highest BCUT2D eigenvalue weighted by molar-refractivity contribution is 5.75. The third kappa shape index (κ3) is 3.98. The van der Waals surface area contributed by atoms with Gasteiger partial charge < -0.3 is 9.47 Å². The molecule has 3 rings (SSSR count). The van der Waals surface area contributed by atoms with Crippen LogP contribution in [0.15, 0.2) is 6.20 Å². The molecule has 2 fully saturated rings. The first-order valence-corrected chi connectivity index (χ1v) is 9.05. The summed E-state index contributed by atoms with van der Waals surface area (Å²) < 4.78 is 12.5. The molecule has 0 amide bonds. The van der Waals surface area contributed by atoms with E-state index in [4.69, 9.17) is 14.6 Å². The molecule has 0 N–H and O–H groups in total. The molecule has 1 saturated heterocycles. The maximum absolute atomic E-state index is 11.8. The smallest absolute Gasteiger partial charge is 0.336 e. The summed E-state index contributed by atoms with van der Waals surface area (Å²) >= 11 is 0. The molecule has 0 aromatic carbocycles. The van der Waals surface area contributed by atoms with Crippen molar-refractivity contribution >= 4 is 5.97 Å². The summed E-state index contributed by atoms with van der Waals surface area (Å²) in [6, 6.07) is 0. The first-order valence-electron chi connectivity index (χ1n) is 9.05. The van der Waals surface area contributed by atoms with E-state index in [9.17, 15) is 4.79 Å². The fourth-order valence-corrected chi connectivity index (χ4v) is 4.07. The van der Waals surface area contributed by atoms with Gasteiger partial charge in [0.2, 0.25) is 0 Å². The zero-order chi connectivity index (χ0) is 17.1. The molecular formula is C18H29N3O3. The van der Waals surface area contributed by atoms with E-state index in [0.29, 0.717) is 12.5 Å². The van der Waals surface area contributed by atoms with Crippen LogP contribution in [0.25, 0.3) is 0 Å². The molecule has 0 radical (unpaired) electrons. The zero-order valence-electron chi connectivity index (χ0n) is 15.0. The van der Waals surface area contributed by atoms with Crippen molar-refractivity contribution in [3.05, 3.63) is 17.5 Å². The Labute approximate surface area is 144 Å². The second kappa shape index (κ2) is 7.66. The quantitative estimate of drug-likeness (QED) is 0.790. The van der Waals surface area contributed by atoms with Crippen molar-refractivity contribution in [3.8, 4) is 0 Å². The van der Waals surface area contributed by atoms with Gasteiger partial charge in [0.25, 0.3) is 0 Å². The fourth-order valence-electron chi connectivity index (χ4n) is 4.07. The lowest BCUT2D eigenvalue weighted by Gasteiger charge is -2.35. The molecular weight excluding hydrogens is 306 g/mol. The maximum Gasteiger partial charge on any atom is 0.336 e. The highest BCUT2D eigenvalue weighted by Crippen LogP contribution is 2.34. The van der Waals surface area contributed by atoms with Crippen LogP contribution >= 0.6 is 0 Å². The molecule has 134 valence electrons. The summed E-state index contributed by atoms with van der Waals surface area (Å²) in [5.41, 5.74) is 2.55. The van der Waals surface area contributed by atoms with Gasteiger partial charge in [-0.3, -0.25) is 9.58 Å². The predicted molar refractivity (Wildman–Crippen MR) is 90.7 cm³/mol. The fraction of sp³-hybridized carbons (Fsp3) is 0.778. The van der Waals surface area contributed by atoms with Crippen molar-refractivity contribution in [2.45, 2.75) is 63.7 Å². The van der Waals surface area contributed by atoms with Gasteiger partial charge >= 0.3 is 5.97 Å². The van der Waals surface area contributed by atoms with Crippen LogP contribution in [0.3, 0.4) is 0 Å². The number of morpholine rings is 1. The van der Waals surface area contributed by atoms with E-state index in [1.165, 1.54) is 50.5 Å². The van der Waals surface area contributed by atoms with Gasteiger partial charge in [-0.05, 0) is 19.8 Å². The molecule has 24 heavy (non-hydrogen) atoms. The molecule has 0 bridgehead atoms. The van der Waals surface area contributed by atoms with Crippen LogP contribution in [0.1, 0.15) is 56.2 Å². The van der Waals surface area contributed by atoms with Gasteiger partial charge in [0.15, 0.2) is 6.10 Å². The molecule has 2 atom stereocenters. The van der Waals surface area contributed by atoms with Crippen molar-refractivity contribution in [2.24, 2.45) is 7.05 Å². The van der Waals surface area contributed by atoms with Crippen molar-refractivity contribution in [3.63, 3.8) is 0 Å². The van der Waals surface area contributed by atoms with Crippen LogP contribution in [0.4, 0.5) is 0 Å². The minimum Gasteiger partial charge on any atom is -0.467 e. The summed E-state index contributed by atoms with van der Waals surface area (Å²) in [5.74, 6) is 0.301. The summed E-state index contributed by atoms with van der Waals surface area (Å²) in [7, 11) is 3.41. The maximum atomic E-state index is 11.8. The number of esters is 1. The van der Waals surface area contributed by atoms with E-state index in [0.717, 1.165) is 13.1 Å². The Hall–Kier alpha value is -1.40. The highest BCUT2D eigenvalue weighted by atomic mass is 16.6. The normalized spacial score (nSPS) is 26.5. The first kappa shape index (κ1) is 17.4. The molecule has 1 aliphatic heterocycles. The minimum atomic E-state index is -0.492. The van der Waals surface area contributed by atoms with E-state index in [1.54, 1.807) is 0 Å². The van der Waals surface area contributed by atoms with Crippen LogP contribution in [0.5, 0.6) is 0 Å². The standard InChI is InChI=1S/C18H29N3O3/c1-13-9-21(12-16(24-13)18(22)23-3)11-15-10-20(2)19-17(15)14-7-5-4-6-8-14/h10,13-14,16H,4-9,11-12H2,1-3H3/t13-,16?/m1/s1. The minimum absolute atomic E-state index is 0.0256. The lowest BCUT2D eigenvalue weighted by molar-refractivity contribution is -0.166. The number of aryl methyl sites for hydroxylation is 1. The monoisotopic (exact) mass is 335 g/mol. The number of aromatic nitrogens is 2. The second-order valence-corrected chi connectivity index (χ2v) is 7.20. The number of rotatable bonds is 4. The van der Waals surface area contributed by atoms with E-state index in [2.05, 4.69) is 11.1 Å². The molecule has 1 aromatic heterocycles. The van der Waals surface area contributed by atoms with E-state index >= 15 is 0 Å². The highest BCUT2D eigenvalue weighted by Gasteiger charge is 2.32. The number of nitrogens with zero attached hydrogens (tertiary/aromatic N) is 3. The van der Waals surface area contributed by atoms with E-state index in [-0.39, 0.29) is 12.1 Å². The average molecular weight is 335 g/mol. The lowest BCUT2D eigenvalue weighted by Crippen LogP contribution is -2.49. The number of carbonyl (C=O) groups excluding carboxylic acids is 1. The number of carbonyl (C=O) groups is 1. The van der Waals surface area contributed by atoms with Crippen molar-refractivity contribution in [1.29, 1.82) is 0 Å². The molecule has 1 unspecified atom stereocenters.